The summed E-state index contributed by atoms with van der Waals surface area (Å²) in [4.78, 5) is 13.8. The normalized spacial score (nSPS) is 14.2. The number of nitrogens with one attached hydrogen (secondary N) is 1. The minimum absolute atomic E-state index is 0.580. The number of benzene rings is 2. The highest BCUT2D eigenvalue weighted by atomic mass is 35.5. The first-order chi connectivity index (χ1) is 13.6. The summed E-state index contributed by atoms with van der Waals surface area (Å²) in [6, 6.07) is 16.1. The van der Waals surface area contributed by atoms with Crippen LogP contribution in [0.25, 0.3) is 0 Å². The van der Waals surface area contributed by atoms with Gasteiger partial charge in [-0.1, -0.05) is 29.8 Å². The van der Waals surface area contributed by atoms with Crippen molar-refractivity contribution in [1.29, 1.82) is 0 Å². The van der Waals surface area contributed by atoms with Crippen LogP contribution in [0.15, 0.2) is 54.7 Å². The van der Waals surface area contributed by atoms with E-state index in [-0.39, 0.29) is 0 Å². The highest BCUT2D eigenvalue weighted by molar-refractivity contribution is 6.30. The second-order valence-corrected chi connectivity index (χ2v) is 7.50. The SMILES string of the molecule is Cc1cccc(N2CCN(c3ccnc(Nc4cccc(Cl)c4)n3)CC2)c1C. The third-order valence-corrected chi connectivity index (χ3v) is 5.48. The van der Waals surface area contributed by atoms with Crippen LogP contribution in [0.3, 0.4) is 0 Å². The third-order valence-electron chi connectivity index (χ3n) is 5.24. The van der Waals surface area contributed by atoms with Gasteiger partial charge < -0.3 is 15.1 Å². The van der Waals surface area contributed by atoms with Crippen LogP contribution in [0.4, 0.5) is 23.1 Å². The first-order valence-corrected chi connectivity index (χ1v) is 9.90. The lowest BCUT2D eigenvalue weighted by atomic mass is 10.1. The molecule has 144 valence electrons. The van der Waals surface area contributed by atoms with Gasteiger partial charge in [0.2, 0.25) is 5.95 Å². The largest absolute Gasteiger partial charge is 0.368 e. The molecule has 0 bridgehead atoms. The van der Waals surface area contributed by atoms with Crippen LogP contribution in [0.2, 0.25) is 5.02 Å². The fourth-order valence-corrected chi connectivity index (χ4v) is 3.73. The maximum Gasteiger partial charge on any atom is 0.229 e. The molecule has 1 aromatic heterocycles. The van der Waals surface area contributed by atoms with E-state index in [4.69, 9.17) is 16.6 Å². The minimum Gasteiger partial charge on any atom is -0.368 e. The lowest BCUT2D eigenvalue weighted by Crippen LogP contribution is -2.47. The van der Waals surface area contributed by atoms with E-state index in [9.17, 15) is 0 Å². The van der Waals surface area contributed by atoms with E-state index in [1.54, 1.807) is 6.20 Å². The van der Waals surface area contributed by atoms with E-state index >= 15 is 0 Å². The number of hydrogen-bond acceptors (Lipinski definition) is 5. The van der Waals surface area contributed by atoms with Crippen molar-refractivity contribution in [2.45, 2.75) is 13.8 Å². The summed E-state index contributed by atoms with van der Waals surface area (Å²) in [6.07, 6.45) is 1.80. The molecule has 28 heavy (non-hydrogen) atoms. The summed E-state index contributed by atoms with van der Waals surface area (Å²) >= 11 is 6.06. The van der Waals surface area contributed by atoms with E-state index in [1.165, 1.54) is 16.8 Å². The molecule has 2 heterocycles. The van der Waals surface area contributed by atoms with Crippen LogP contribution in [0, 0.1) is 13.8 Å². The van der Waals surface area contributed by atoms with Gasteiger partial charge in [-0.3, -0.25) is 0 Å². The molecular weight excluding hydrogens is 370 g/mol. The van der Waals surface area contributed by atoms with Gasteiger partial charge in [0.25, 0.3) is 0 Å². The molecule has 1 saturated heterocycles. The van der Waals surface area contributed by atoms with Gasteiger partial charge in [-0.25, -0.2) is 4.98 Å². The summed E-state index contributed by atoms with van der Waals surface area (Å²) < 4.78 is 0. The van der Waals surface area contributed by atoms with Crippen molar-refractivity contribution in [3.05, 3.63) is 70.9 Å². The van der Waals surface area contributed by atoms with Crippen LogP contribution >= 0.6 is 11.6 Å². The summed E-state index contributed by atoms with van der Waals surface area (Å²) in [5.74, 6) is 1.52. The van der Waals surface area contributed by atoms with Crippen molar-refractivity contribution in [2.24, 2.45) is 0 Å². The molecular formula is C22H24ClN5. The molecule has 1 N–H and O–H groups in total. The Hall–Kier alpha value is -2.79. The predicted molar refractivity (Wildman–Crippen MR) is 117 cm³/mol. The van der Waals surface area contributed by atoms with Crippen molar-refractivity contribution in [2.75, 3.05) is 41.3 Å². The van der Waals surface area contributed by atoms with E-state index in [0.29, 0.717) is 11.0 Å². The highest BCUT2D eigenvalue weighted by Crippen LogP contribution is 2.25. The van der Waals surface area contributed by atoms with E-state index in [2.05, 4.69) is 52.1 Å². The summed E-state index contributed by atoms with van der Waals surface area (Å²) in [6.45, 7) is 8.19. The highest BCUT2D eigenvalue weighted by Gasteiger charge is 2.20. The first-order valence-electron chi connectivity index (χ1n) is 9.52. The third kappa shape index (κ3) is 4.04. The molecule has 0 aliphatic carbocycles. The van der Waals surface area contributed by atoms with Gasteiger partial charge in [0.1, 0.15) is 5.82 Å². The molecule has 1 fully saturated rings. The van der Waals surface area contributed by atoms with Gasteiger partial charge >= 0.3 is 0 Å². The molecule has 0 unspecified atom stereocenters. The Kier molecular flexibility index (Phi) is 5.35. The number of piperazine rings is 1. The maximum absolute atomic E-state index is 6.06. The van der Waals surface area contributed by atoms with Crippen LogP contribution in [-0.2, 0) is 0 Å². The number of aryl methyl sites for hydroxylation is 1. The Balaban J connectivity index is 1.44. The average Bonchev–Trinajstić information content (AvgIpc) is 2.71. The number of hydrogen-bond donors (Lipinski definition) is 1. The van der Waals surface area contributed by atoms with Crippen molar-refractivity contribution in [3.63, 3.8) is 0 Å². The molecule has 0 saturated carbocycles. The number of rotatable bonds is 4. The second kappa shape index (κ2) is 8.07. The van der Waals surface area contributed by atoms with E-state index < -0.39 is 0 Å². The van der Waals surface area contributed by atoms with E-state index in [0.717, 1.165) is 37.7 Å². The fraction of sp³-hybridized carbons (Fsp3) is 0.273. The molecule has 0 radical (unpaired) electrons. The van der Waals surface area contributed by atoms with Crippen molar-refractivity contribution < 1.29 is 0 Å². The zero-order valence-corrected chi connectivity index (χ0v) is 16.9. The maximum atomic E-state index is 6.06. The lowest BCUT2D eigenvalue weighted by molar-refractivity contribution is 0.646. The van der Waals surface area contributed by atoms with Gasteiger partial charge in [-0.05, 0) is 55.3 Å². The molecule has 0 amide bonds. The summed E-state index contributed by atoms with van der Waals surface area (Å²) in [7, 11) is 0. The number of halogens is 1. The smallest absolute Gasteiger partial charge is 0.229 e. The predicted octanol–water partition coefficient (Wildman–Crippen LogP) is 4.82. The zero-order chi connectivity index (χ0) is 19.5. The van der Waals surface area contributed by atoms with Crippen LogP contribution in [0.5, 0.6) is 0 Å². The van der Waals surface area contributed by atoms with Crippen LogP contribution < -0.4 is 15.1 Å². The molecule has 4 rings (SSSR count). The van der Waals surface area contributed by atoms with Gasteiger partial charge in [-0.2, -0.15) is 4.98 Å². The fourth-order valence-electron chi connectivity index (χ4n) is 3.54. The Morgan fingerprint density at radius 3 is 2.46 bits per heavy atom. The molecule has 1 aliphatic rings. The van der Waals surface area contributed by atoms with Gasteiger partial charge in [0, 0.05) is 48.8 Å². The lowest BCUT2D eigenvalue weighted by Gasteiger charge is -2.37. The summed E-state index contributed by atoms with van der Waals surface area (Å²) in [5.41, 5.74) is 4.92. The Morgan fingerprint density at radius 1 is 0.929 bits per heavy atom. The molecule has 6 heteroatoms. The Labute approximate surface area is 171 Å². The Morgan fingerprint density at radius 2 is 1.68 bits per heavy atom. The monoisotopic (exact) mass is 393 g/mol. The van der Waals surface area contributed by atoms with Crippen molar-refractivity contribution in [1.82, 2.24) is 9.97 Å². The number of nitrogens with zero attached hydrogens (tertiary/aromatic N) is 4. The van der Waals surface area contributed by atoms with E-state index in [1.807, 2.05) is 30.3 Å². The molecule has 2 aromatic carbocycles. The number of anilines is 4. The second-order valence-electron chi connectivity index (χ2n) is 7.07. The van der Waals surface area contributed by atoms with Gasteiger partial charge in [-0.15, -0.1) is 0 Å². The van der Waals surface area contributed by atoms with Crippen molar-refractivity contribution in [3.8, 4) is 0 Å². The van der Waals surface area contributed by atoms with Crippen LogP contribution in [-0.4, -0.2) is 36.1 Å². The average molecular weight is 394 g/mol. The molecule has 3 aromatic rings. The molecule has 0 spiro atoms. The zero-order valence-electron chi connectivity index (χ0n) is 16.2. The van der Waals surface area contributed by atoms with Crippen LogP contribution in [0.1, 0.15) is 11.1 Å². The quantitative estimate of drug-likeness (QED) is 0.688. The standard InChI is InChI=1S/C22H24ClN5/c1-16-5-3-8-20(17(16)2)27-11-13-28(14-12-27)21-9-10-24-22(26-21)25-19-7-4-6-18(23)15-19/h3-10,15H,11-14H2,1-2H3,(H,24,25,26). The topological polar surface area (TPSA) is 44.3 Å². The first kappa shape index (κ1) is 18.6. The van der Waals surface area contributed by atoms with Gasteiger partial charge in [0.15, 0.2) is 0 Å². The summed E-state index contributed by atoms with van der Waals surface area (Å²) in [5, 5.41) is 3.91. The molecule has 5 nitrogen and oxygen atoms in total. The van der Waals surface area contributed by atoms with Gasteiger partial charge in [0.05, 0.1) is 0 Å². The number of aromatic nitrogens is 2. The van der Waals surface area contributed by atoms with Crippen molar-refractivity contribution >= 4 is 34.7 Å². The Bertz CT molecular complexity index is 967. The minimum atomic E-state index is 0.580. The molecule has 0 atom stereocenters. The molecule has 1 aliphatic heterocycles.